The van der Waals surface area contributed by atoms with Crippen molar-refractivity contribution in [2.45, 2.75) is 90.4 Å². The fraction of sp³-hybridized carbons (Fsp3) is 0.226. The third kappa shape index (κ3) is 7.73. The minimum Gasteiger partial charge on any atom is -0.309 e. The maximum Gasteiger partial charge on any atom is 0.0541 e. The van der Waals surface area contributed by atoms with Crippen molar-refractivity contribution in [2.75, 3.05) is 0 Å². The zero-order valence-electron chi connectivity index (χ0n) is 37.3. The molecule has 312 valence electrons. The molecule has 0 fully saturated rings. The highest BCUT2D eigenvalue weighted by atomic mass is 15.0. The van der Waals surface area contributed by atoms with Crippen LogP contribution in [0.2, 0.25) is 0 Å². The topological polar surface area (TPSA) is 4.93 Å². The van der Waals surface area contributed by atoms with Crippen molar-refractivity contribution < 1.29 is 0 Å². The highest BCUT2D eigenvalue weighted by Gasteiger charge is 2.42. The van der Waals surface area contributed by atoms with Gasteiger partial charge in [0.1, 0.15) is 0 Å². The van der Waals surface area contributed by atoms with Gasteiger partial charge in [0, 0.05) is 21.9 Å². The van der Waals surface area contributed by atoms with Crippen LogP contribution in [0, 0.1) is 6.92 Å². The van der Waals surface area contributed by atoms with Crippen LogP contribution in [-0.2, 0) is 5.41 Å². The maximum absolute atomic E-state index is 2.59. The largest absolute Gasteiger partial charge is 0.309 e. The lowest BCUT2D eigenvalue weighted by atomic mass is 9.70. The molecule has 0 aliphatic heterocycles. The first-order valence-corrected chi connectivity index (χ1v) is 23.7. The molecule has 8 aromatic carbocycles. The molecule has 63 heavy (non-hydrogen) atoms. The molecule has 0 spiro atoms. The van der Waals surface area contributed by atoms with E-state index in [0.717, 1.165) is 0 Å². The molecule has 1 heteroatoms. The Morgan fingerprint density at radius 2 is 0.857 bits per heavy atom. The van der Waals surface area contributed by atoms with Crippen molar-refractivity contribution in [1.82, 2.24) is 4.57 Å². The summed E-state index contributed by atoms with van der Waals surface area (Å²) in [6, 6.07) is 68.7. The van der Waals surface area contributed by atoms with Gasteiger partial charge in [-0.25, -0.2) is 0 Å². The fourth-order valence-corrected chi connectivity index (χ4v) is 10.8. The quantitative estimate of drug-likeness (QED) is 0.0908. The minimum atomic E-state index is 0.0105. The molecule has 0 saturated heterocycles. The summed E-state index contributed by atoms with van der Waals surface area (Å²) in [6.07, 6.45) is 12.6. The Bertz CT molecular complexity index is 3020. The minimum absolute atomic E-state index is 0.0105. The summed E-state index contributed by atoms with van der Waals surface area (Å²) in [6.45, 7) is 6.82. The number of aromatic nitrogens is 1. The van der Waals surface area contributed by atoms with E-state index in [1.165, 1.54) is 153 Å². The van der Waals surface area contributed by atoms with E-state index >= 15 is 0 Å². The van der Waals surface area contributed by atoms with Crippen LogP contribution in [0.1, 0.15) is 94.7 Å². The maximum atomic E-state index is 2.59. The van der Waals surface area contributed by atoms with Gasteiger partial charge >= 0.3 is 0 Å². The van der Waals surface area contributed by atoms with E-state index in [9.17, 15) is 0 Å². The molecule has 1 heterocycles. The number of aryl methyl sites for hydroxylation is 1. The van der Waals surface area contributed by atoms with Gasteiger partial charge in [-0.1, -0.05) is 204 Å². The monoisotopic (exact) mass is 817 g/mol. The van der Waals surface area contributed by atoms with E-state index in [0.29, 0.717) is 0 Å². The van der Waals surface area contributed by atoms with Crippen LogP contribution in [0.5, 0.6) is 0 Å². The molecule has 0 atom stereocenters. The molecular formula is C62H59N. The number of fused-ring (bicyclic) bond motifs is 6. The zero-order valence-corrected chi connectivity index (χ0v) is 37.3. The average Bonchev–Trinajstić information content (AvgIpc) is 3.81. The van der Waals surface area contributed by atoms with Crippen molar-refractivity contribution in [3.63, 3.8) is 0 Å². The first-order valence-electron chi connectivity index (χ1n) is 23.7. The summed E-state index contributed by atoms with van der Waals surface area (Å²) in [4.78, 5) is 0. The van der Waals surface area contributed by atoms with E-state index < -0.39 is 0 Å². The number of nitrogens with zero attached hydrogens (tertiary/aromatic N) is 1. The SMILES string of the molecule is CCCCCCC1(CCCCCC)c2cc(-c3ccccc3)ccc2-c2ccc(-c3ccc(-n4c5ccccc5c5cc(-c6cccc(-c7cccc(C)c7)c6)ccc54)cc3)cc21. The molecule has 0 unspecified atom stereocenters. The number of benzene rings is 8. The fourth-order valence-electron chi connectivity index (χ4n) is 10.8. The Morgan fingerprint density at radius 1 is 0.365 bits per heavy atom. The van der Waals surface area contributed by atoms with Gasteiger partial charge in [-0.05, 0) is 135 Å². The van der Waals surface area contributed by atoms with Gasteiger partial charge in [-0.3, -0.25) is 0 Å². The summed E-state index contributed by atoms with van der Waals surface area (Å²) in [5.74, 6) is 0. The number of para-hydroxylation sites is 1. The number of unbranched alkanes of at least 4 members (excludes halogenated alkanes) is 6. The molecule has 0 radical (unpaired) electrons. The first kappa shape index (κ1) is 40.6. The molecule has 0 saturated carbocycles. The third-order valence-corrected chi connectivity index (χ3v) is 14.1. The Hall–Kier alpha value is -6.44. The Morgan fingerprint density at radius 3 is 1.49 bits per heavy atom. The molecule has 0 amide bonds. The van der Waals surface area contributed by atoms with Crippen LogP contribution in [0.4, 0.5) is 0 Å². The van der Waals surface area contributed by atoms with E-state index in [-0.39, 0.29) is 5.41 Å². The number of hydrogen-bond donors (Lipinski definition) is 0. The summed E-state index contributed by atoms with van der Waals surface area (Å²) in [5, 5.41) is 2.55. The van der Waals surface area contributed by atoms with E-state index in [1.54, 1.807) is 11.1 Å². The normalized spacial score (nSPS) is 12.8. The van der Waals surface area contributed by atoms with Gasteiger partial charge in [0.25, 0.3) is 0 Å². The molecule has 0 N–H and O–H groups in total. The standard InChI is InChI=1S/C62H59N/c1-4-6-8-15-37-62(38-16-9-7-5-2)58-42-51(45-20-11-10-12-21-45)29-34-54(58)55-35-30-52(43-59(55)62)46-27-32-53(33-28-46)63-60-26-14-13-25-56(60)57-41-50(31-36-61(57)63)49-24-18-23-48(40-49)47-22-17-19-44(3)39-47/h10-14,17-36,39-43H,4-9,15-16,37-38H2,1-3H3. The van der Waals surface area contributed by atoms with E-state index in [4.69, 9.17) is 0 Å². The van der Waals surface area contributed by atoms with Gasteiger partial charge in [-0.2, -0.15) is 0 Å². The Labute approximate surface area is 375 Å². The predicted octanol–water partition coefficient (Wildman–Crippen LogP) is 18.0. The van der Waals surface area contributed by atoms with Crippen molar-refractivity contribution in [1.29, 1.82) is 0 Å². The van der Waals surface area contributed by atoms with Gasteiger partial charge in [0.15, 0.2) is 0 Å². The van der Waals surface area contributed by atoms with Gasteiger partial charge < -0.3 is 4.57 Å². The lowest BCUT2D eigenvalue weighted by molar-refractivity contribution is 0.401. The summed E-state index contributed by atoms with van der Waals surface area (Å²) in [5.41, 5.74) is 21.1. The summed E-state index contributed by atoms with van der Waals surface area (Å²) in [7, 11) is 0. The van der Waals surface area contributed by atoms with Crippen molar-refractivity contribution in [3.05, 3.63) is 199 Å². The predicted molar refractivity (Wildman–Crippen MR) is 271 cm³/mol. The highest BCUT2D eigenvalue weighted by Crippen LogP contribution is 2.56. The molecule has 1 nitrogen and oxygen atoms in total. The second kappa shape index (κ2) is 17.7. The molecular weight excluding hydrogens is 759 g/mol. The molecule has 1 aliphatic carbocycles. The molecule has 1 aliphatic rings. The third-order valence-electron chi connectivity index (χ3n) is 14.1. The second-order valence-corrected chi connectivity index (χ2v) is 18.2. The molecule has 0 bridgehead atoms. The van der Waals surface area contributed by atoms with Crippen LogP contribution in [0.25, 0.3) is 83.1 Å². The summed E-state index contributed by atoms with van der Waals surface area (Å²) < 4.78 is 2.45. The van der Waals surface area contributed by atoms with Gasteiger partial charge in [0.2, 0.25) is 0 Å². The molecule has 1 aromatic heterocycles. The molecule has 10 rings (SSSR count). The van der Waals surface area contributed by atoms with Crippen molar-refractivity contribution in [3.8, 4) is 61.3 Å². The zero-order chi connectivity index (χ0) is 42.8. The number of rotatable bonds is 15. The van der Waals surface area contributed by atoms with Crippen molar-refractivity contribution in [2.24, 2.45) is 0 Å². The lowest BCUT2D eigenvalue weighted by Gasteiger charge is -2.33. The average molecular weight is 818 g/mol. The first-order chi connectivity index (χ1) is 31.0. The van der Waals surface area contributed by atoms with Gasteiger partial charge in [0.05, 0.1) is 11.0 Å². The Kier molecular flexibility index (Phi) is 11.4. The molecule has 9 aromatic rings. The summed E-state index contributed by atoms with van der Waals surface area (Å²) >= 11 is 0. The Balaban J connectivity index is 1.02. The number of hydrogen-bond acceptors (Lipinski definition) is 0. The van der Waals surface area contributed by atoms with Crippen molar-refractivity contribution >= 4 is 21.8 Å². The van der Waals surface area contributed by atoms with Crippen LogP contribution in [0.15, 0.2) is 182 Å². The van der Waals surface area contributed by atoms with Crippen LogP contribution >= 0.6 is 0 Å². The van der Waals surface area contributed by atoms with Crippen LogP contribution in [-0.4, -0.2) is 4.57 Å². The van der Waals surface area contributed by atoms with E-state index in [2.05, 4.69) is 207 Å². The van der Waals surface area contributed by atoms with Crippen LogP contribution < -0.4 is 0 Å². The van der Waals surface area contributed by atoms with Crippen LogP contribution in [0.3, 0.4) is 0 Å². The smallest absolute Gasteiger partial charge is 0.0541 e. The van der Waals surface area contributed by atoms with E-state index in [1.807, 2.05) is 0 Å². The van der Waals surface area contributed by atoms with Gasteiger partial charge in [-0.15, -0.1) is 0 Å². The lowest BCUT2D eigenvalue weighted by Crippen LogP contribution is -2.25. The second-order valence-electron chi connectivity index (χ2n) is 18.2. The highest BCUT2D eigenvalue weighted by molar-refractivity contribution is 6.10.